The van der Waals surface area contributed by atoms with Crippen molar-refractivity contribution < 1.29 is 14.3 Å². The van der Waals surface area contributed by atoms with E-state index in [1.165, 1.54) is 0 Å². The number of methoxy groups -OCH3 is 1. The van der Waals surface area contributed by atoms with E-state index in [4.69, 9.17) is 4.74 Å². The molecule has 2 unspecified atom stereocenters. The van der Waals surface area contributed by atoms with Crippen molar-refractivity contribution in [1.82, 2.24) is 0 Å². The standard InChI is InChI=1S/C23H29N3O3/c1-5-26(6-2)16-11-12-19(15(3)13-16)24-22(27)17-14-18(17)23(28)25-20-9-7-8-10-21(20)29-4/h7-13,17-18H,5-6,14H2,1-4H3,(H,24,27)(H,25,28). The van der Waals surface area contributed by atoms with Crippen LogP contribution < -0.4 is 20.3 Å². The zero-order valence-electron chi connectivity index (χ0n) is 17.5. The van der Waals surface area contributed by atoms with Crippen molar-refractivity contribution in [2.75, 3.05) is 35.7 Å². The molecular formula is C23H29N3O3. The van der Waals surface area contributed by atoms with Crippen LogP contribution in [-0.2, 0) is 9.59 Å². The van der Waals surface area contributed by atoms with Gasteiger partial charge >= 0.3 is 0 Å². The molecule has 1 aliphatic carbocycles. The number of para-hydroxylation sites is 2. The van der Waals surface area contributed by atoms with Crippen LogP contribution in [-0.4, -0.2) is 32.0 Å². The maximum atomic E-state index is 12.6. The first-order valence-electron chi connectivity index (χ1n) is 10.1. The molecule has 3 rings (SSSR count). The summed E-state index contributed by atoms with van der Waals surface area (Å²) in [5.41, 5.74) is 3.57. The molecule has 154 valence electrons. The number of nitrogens with zero attached hydrogens (tertiary/aromatic N) is 1. The number of ether oxygens (including phenoxy) is 1. The lowest BCUT2D eigenvalue weighted by atomic mass is 10.1. The Kier molecular flexibility index (Phi) is 6.42. The molecule has 2 amide bonds. The SMILES string of the molecule is CCN(CC)c1ccc(NC(=O)C2CC2C(=O)Nc2ccccc2OC)c(C)c1. The molecule has 6 heteroatoms. The van der Waals surface area contributed by atoms with Gasteiger partial charge in [-0.1, -0.05) is 12.1 Å². The van der Waals surface area contributed by atoms with Gasteiger partial charge in [0.1, 0.15) is 5.75 Å². The van der Waals surface area contributed by atoms with Gasteiger partial charge in [-0.25, -0.2) is 0 Å². The van der Waals surface area contributed by atoms with E-state index in [-0.39, 0.29) is 23.7 Å². The van der Waals surface area contributed by atoms with Crippen molar-refractivity contribution in [3.63, 3.8) is 0 Å². The summed E-state index contributed by atoms with van der Waals surface area (Å²) in [6, 6.07) is 13.3. The fourth-order valence-corrected chi connectivity index (χ4v) is 3.55. The molecule has 0 saturated heterocycles. The Morgan fingerprint density at radius 3 is 2.21 bits per heavy atom. The fraction of sp³-hybridized carbons (Fsp3) is 0.391. The second-order valence-corrected chi connectivity index (χ2v) is 7.30. The van der Waals surface area contributed by atoms with E-state index < -0.39 is 0 Å². The Labute approximate surface area is 172 Å². The quantitative estimate of drug-likeness (QED) is 0.707. The highest BCUT2D eigenvalue weighted by atomic mass is 16.5. The number of aryl methyl sites for hydroxylation is 1. The van der Waals surface area contributed by atoms with Gasteiger partial charge in [-0.2, -0.15) is 0 Å². The zero-order valence-corrected chi connectivity index (χ0v) is 17.5. The summed E-state index contributed by atoms with van der Waals surface area (Å²) in [4.78, 5) is 27.4. The van der Waals surface area contributed by atoms with Gasteiger partial charge < -0.3 is 20.3 Å². The topological polar surface area (TPSA) is 70.7 Å². The van der Waals surface area contributed by atoms with Gasteiger partial charge in [-0.3, -0.25) is 9.59 Å². The Hall–Kier alpha value is -3.02. The van der Waals surface area contributed by atoms with Crippen molar-refractivity contribution in [3.8, 4) is 5.75 Å². The van der Waals surface area contributed by atoms with Crippen LogP contribution >= 0.6 is 0 Å². The van der Waals surface area contributed by atoms with E-state index in [0.717, 1.165) is 30.0 Å². The van der Waals surface area contributed by atoms with E-state index in [1.54, 1.807) is 19.2 Å². The number of carbonyl (C=O) groups excluding carboxylic acids is 2. The number of hydrogen-bond donors (Lipinski definition) is 2. The van der Waals surface area contributed by atoms with Crippen LogP contribution in [0.15, 0.2) is 42.5 Å². The number of benzene rings is 2. The highest BCUT2D eigenvalue weighted by Crippen LogP contribution is 2.41. The number of nitrogens with one attached hydrogen (secondary N) is 2. The minimum absolute atomic E-state index is 0.108. The molecule has 2 aromatic carbocycles. The first-order valence-corrected chi connectivity index (χ1v) is 10.1. The Bertz CT molecular complexity index is 893. The van der Waals surface area contributed by atoms with Crippen LogP contribution in [0.2, 0.25) is 0 Å². The van der Waals surface area contributed by atoms with Crippen LogP contribution in [0, 0.1) is 18.8 Å². The molecule has 0 bridgehead atoms. The molecule has 1 aliphatic rings. The van der Waals surface area contributed by atoms with Crippen molar-refractivity contribution in [3.05, 3.63) is 48.0 Å². The predicted molar refractivity (Wildman–Crippen MR) is 117 cm³/mol. The lowest BCUT2D eigenvalue weighted by Crippen LogP contribution is -2.22. The monoisotopic (exact) mass is 395 g/mol. The van der Waals surface area contributed by atoms with Gasteiger partial charge in [-0.15, -0.1) is 0 Å². The molecule has 1 fully saturated rings. The van der Waals surface area contributed by atoms with Gasteiger partial charge in [0.25, 0.3) is 0 Å². The highest BCUT2D eigenvalue weighted by Gasteiger charge is 2.48. The fourth-order valence-electron chi connectivity index (χ4n) is 3.55. The van der Waals surface area contributed by atoms with E-state index in [2.05, 4.69) is 35.4 Å². The van der Waals surface area contributed by atoms with Crippen LogP contribution in [0.25, 0.3) is 0 Å². The molecule has 0 spiro atoms. The average molecular weight is 396 g/mol. The predicted octanol–water partition coefficient (Wildman–Crippen LogP) is 4.06. The normalized spacial score (nSPS) is 17.4. The summed E-state index contributed by atoms with van der Waals surface area (Å²) in [5.74, 6) is -0.264. The maximum absolute atomic E-state index is 12.6. The Morgan fingerprint density at radius 2 is 1.62 bits per heavy atom. The van der Waals surface area contributed by atoms with Gasteiger partial charge in [0.2, 0.25) is 11.8 Å². The molecule has 29 heavy (non-hydrogen) atoms. The van der Waals surface area contributed by atoms with Crippen molar-refractivity contribution in [2.24, 2.45) is 11.8 Å². The van der Waals surface area contributed by atoms with Crippen molar-refractivity contribution in [2.45, 2.75) is 27.2 Å². The number of hydrogen-bond acceptors (Lipinski definition) is 4. The molecule has 2 N–H and O–H groups in total. The molecule has 6 nitrogen and oxygen atoms in total. The Balaban J connectivity index is 1.59. The summed E-state index contributed by atoms with van der Waals surface area (Å²) in [6.07, 6.45) is 0.559. The molecule has 2 aromatic rings. The number of rotatable bonds is 8. The molecule has 1 saturated carbocycles. The lowest BCUT2D eigenvalue weighted by Gasteiger charge is -2.22. The van der Waals surface area contributed by atoms with Gasteiger partial charge in [0.05, 0.1) is 24.6 Å². The lowest BCUT2D eigenvalue weighted by molar-refractivity contribution is -0.122. The minimum Gasteiger partial charge on any atom is -0.495 e. The van der Waals surface area contributed by atoms with Gasteiger partial charge in [-0.05, 0) is 63.1 Å². The zero-order chi connectivity index (χ0) is 21.0. The molecular weight excluding hydrogens is 366 g/mol. The second-order valence-electron chi connectivity index (χ2n) is 7.30. The highest BCUT2D eigenvalue weighted by molar-refractivity contribution is 6.04. The maximum Gasteiger partial charge on any atom is 0.228 e. The number of amides is 2. The first-order chi connectivity index (χ1) is 14.0. The van der Waals surface area contributed by atoms with Gasteiger partial charge in [0.15, 0.2) is 0 Å². The number of carbonyl (C=O) groups is 2. The van der Waals surface area contributed by atoms with Crippen LogP contribution in [0.3, 0.4) is 0 Å². The summed E-state index contributed by atoms with van der Waals surface area (Å²) in [7, 11) is 1.56. The van der Waals surface area contributed by atoms with Crippen LogP contribution in [0.4, 0.5) is 17.1 Å². The third kappa shape index (κ3) is 4.70. The van der Waals surface area contributed by atoms with Crippen molar-refractivity contribution in [1.29, 1.82) is 0 Å². The van der Waals surface area contributed by atoms with Crippen molar-refractivity contribution >= 4 is 28.9 Å². The third-order valence-electron chi connectivity index (χ3n) is 5.43. The molecule has 0 aliphatic heterocycles. The van der Waals surface area contributed by atoms with Gasteiger partial charge in [0, 0.05) is 24.5 Å². The number of anilines is 3. The summed E-state index contributed by atoms with van der Waals surface area (Å²) in [5, 5.41) is 5.85. The Morgan fingerprint density at radius 1 is 1.00 bits per heavy atom. The molecule has 0 aromatic heterocycles. The average Bonchev–Trinajstić information content (AvgIpc) is 3.52. The van der Waals surface area contributed by atoms with Crippen LogP contribution in [0.5, 0.6) is 5.75 Å². The largest absolute Gasteiger partial charge is 0.495 e. The van der Waals surface area contributed by atoms with E-state index >= 15 is 0 Å². The summed E-state index contributed by atoms with van der Waals surface area (Å²) in [6.45, 7) is 8.11. The molecule has 2 atom stereocenters. The molecule has 0 radical (unpaired) electrons. The van der Waals surface area contributed by atoms with Crippen LogP contribution in [0.1, 0.15) is 25.8 Å². The third-order valence-corrected chi connectivity index (χ3v) is 5.43. The van der Waals surface area contributed by atoms with E-state index in [0.29, 0.717) is 17.9 Å². The smallest absolute Gasteiger partial charge is 0.228 e. The minimum atomic E-state index is -0.310. The summed E-state index contributed by atoms with van der Waals surface area (Å²) >= 11 is 0. The first kappa shape index (κ1) is 20.7. The molecule has 0 heterocycles. The van der Waals surface area contributed by atoms with E-state index in [1.807, 2.05) is 31.2 Å². The second kappa shape index (κ2) is 8.99. The van der Waals surface area contributed by atoms with E-state index in [9.17, 15) is 9.59 Å². The summed E-state index contributed by atoms with van der Waals surface area (Å²) < 4.78 is 5.26.